The second-order valence-corrected chi connectivity index (χ2v) is 3.67. The fraction of sp³-hybridized carbons (Fsp3) is 0.889. The SMILES string of the molecule is CC(CN1CCOC(CO)C1)C(=O)O. The molecule has 1 fully saturated rings. The van der Waals surface area contributed by atoms with Gasteiger partial charge in [0.25, 0.3) is 0 Å². The fourth-order valence-corrected chi connectivity index (χ4v) is 1.52. The molecule has 1 aliphatic rings. The summed E-state index contributed by atoms with van der Waals surface area (Å²) < 4.78 is 5.26. The molecule has 0 aromatic rings. The maximum Gasteiger partial charge on any atom is 0.307 e. The Morgan fingerprint density at radius 1 is 1.71 bits per heavy atom. The molecule has 1 saturated heterocycles. The molecule has 0 aromatic heterocycles. The molecule has 1 aliphatic heterocycles. The highest BCUT2D eigenvalue weighted by atomic mass is 16.5. The van der Waals surface area contributed by atoms with Gasteiger partial charge in [0.2, 0.25) is 0 Å². The predicted octanol–water partition coefficient (Wildman–Crippen LogP) is -0.600. The normalized spacial score (nSPS) is 26.0. The number of aliphatic hydroxyl groups is 1. The number of hydrogen-bond acceptors (Lipinski definition) is 4. The van der Waals surface area contributed by atoms with Crippen molar-refractivity contribution < 1.29 is 19.7 Å². The minimum Gasteiger partial charge on any atom is -0.481 e. The molecule has 0 radical (unpaired) electrons. The number of carboxylic acid groups (broad SMARTS) is 1. The molecule has 0 amide bonds. The molecule has 0 bridgehead atoms. The summed E-state index contributed by atoms with van der Waals surface area (Å²) in [4.78, 5) is 12.6. The van der Waals surface area contributed by atoms with E-state index in [0.717, 1.165) is 6.54 Å². The minimum absolute atomic E-state index is 0.00203. The van der Waals surface area contributed by atoms with Crippen LogP contribution in [-0.4, -0.2) is 60.0 Å². The van der Waals surface area contributed by atoms with Crippen molar-refractivity contribution in [2.45, 2.75) is 13.0 Å². The van der Waals surface area contributed by atoms with E-state index in [0.29, 0.717) is 19.7 Å². The molecule has 5 heteroatoms. The second-order valence-electron chi connectivity index (χ2n) is 3.67. The Morgan fingerprint density at radius 3 is 3.00 bits per heavy atom. The van der Waals surface area contributed by atoms with Crippen LogP contribution in [0.2, 0.25) is 0 Å². The van der Waals surface area contributed by atoms with Gasteiger partial charge in [0.1, 0.15) is 0 Å². The lowest BCUT2D eigenvalue weighted by Gasteiger charge is -2.32. The summed E-state index contributed by atoms with van der Waals surface area (Å²) >= 11 is 0. The third-order valence-electron chi connectivity index (χ3n) is 2.38. The van der Waals surface area contributed by atoms with E-state index in [1.165, 1.54) is 0 Å². The first-order chi connectivity index (χ1) is 6.63. The molecule has 0 saturated carbocycles. The van der Waals surface area contributed by atoms with Crippen molar-refractivity contribution in [2.75, 3.05) is 32.8 Å². The number of carboxylic acids is 1. The zero-order chi connectivity index (χ0) is 10.6. The first-order valence-electron chi connectivity index (χ1n) is 4.81. The lowest BCUT2D eigenvalue weighted by molar-refractivity contribution is -0.142. The number of nitrogens with zero attached hydrogens (tertiary/aromatic N) is 1. The summed E-state index contributed by atoms with van der Waals surface area (Å²) in [7, 11) is 0. The number of morpholine rings is 1. The average Bonchev–Trinajstić information content (AvgIpc) is 2.18. The van der Waals surface area contributed by atoms with Crippen LogP contribution in [0.25, 0.3) is 0 Å². The smallest absolute Gasteiger partial charge is 0.307 e. The lowest BCUT2D eigenvalue weighted by Crippen LogP contribution is -2.46. The van der Waals surface area contributed by atoms with Crippen molar-refractivity contribution in [3.63, 3.8) is 0 Å². The van der Waals surface area contributed by atoms with Crippen molar-refractivity contribution in [1.29, 1.82) is 0 Å². The zero-order valence-corrected chi connectivity index (χ0v) is 8.35. The third-order valence-corrected chi connectivity index (χ3v) is 2.38. The lowest BCUT2D eigenvalue weighted by atomic mass is 10.1. The van der Waals surface area contributed by atoms with Crippen LogP contribution in [0.15, 0.2) is 0 Å². The summed E-state index contributed by atoms with van der Waals surface area (Å²) in [6, 6.07) is 0. The van der Waals surface area contributed by atoms with Gasteiger partial charge in [-0.1, -0.05) is 6.92 Å². The summed E-state index contributed by atoms with van der Waals surface area (Å²) in [6.07, 6.45) is -0.162. The topological polar surface area (TPSA) is 70.0 Å². The Bertz CT molecular complexity index is 197. The summed E-state index contributed by atoms with van der Waals surface area (Å²) in [6.45, 7) is 4.14. The Balaban J connectivity index is 2.33. The van der Waals surface area contributed by atoms with Crippen molar-refractivity contribution >= 4 is 5.97 Å². The van der Waals surface area contributed by atoms with Crippen LogP contribution in [0.5, 0.6) is 0 Å². The molecule has 2 atom stereocenters. The van der Waals surface area contributed by atoms with Gasteiger partial charge < -0.3 is 14.9 Å². The molecule has 0 aromatic carbocycles. The molecule has 2 N–H and O–H groups in total. The van der Waals surface area contributed by atoms with Crippen LogP contribution in [0.3, 0.4) is 0 Å². The van der Waals surface area contributed by atoms with Crippen molar-refractivity contribution in [3.05, 3.63) is 0 Å². The molecular formula is C9H17NO4. The molecule has 1 rings (SSSR count). The van der Waals surface area contributed by atoms with E-state index in [1.807, 2.05) is 4.90 Å². The van der Waals surface area contributed by atoms with E-state index in [4.69, 9.17) is 14.9 Å². The molecule has 14 heavy (non-hydrogen) atoms. The molecular weight excluding hydrogens is 186 g/mol. The van der Waals surface area contributed by atoms with Gasteiger partial charge in [-0.25, -0.2) is 0 Å². The Labute approximate surface area is 83.3 Å². The van der Waals surface area contributed by atoms with Crippen molar-refractivity contribution in [1.82, 2.24) is 4.90 Å². The van der Waals surface area contributed by atoms with E-state index in [-0.39, 0.29) is 18.6 Å². The van der Waals surface area contributed by atoms with Gasteiger partial charge in [-0.3, -0.25) is 9.69 Å². The first kappa shape index (κ1) is 11.4. The van der Waals surface area contributed by atoms with Crippen molar-refractivity contribution in [2.24, 2.45) is 5.92 Å². The highest BCUT2D eigenvalue weighted by molar-refractivity contribution is 5.69. The maximum atomic E-state index is 10.6. The summed E-state index contributed by atoms with van der Waals surface area (Å²) in [5, 5.41) is 17.6. The number of rotatable bonds is 4. The largest absolute Gasteiger partial charge is 0.481 e. The molecule has 5 nitrogen and oxygen atoms in total. The van der Waals surface area contributed by atoms with Gasteiger partial charge in [0.15, 0.2) is 0 Å². The number of carbonyl (C=O) groups is 1. The van der Waals surface area contributed by atoms with Crippen LogP contribution in [-0.2, 0) is 9.53 Å². The van der Waals surface area contributed by atoms with Crippen LogP contribution in [0.1, 0.15) is 6.92 Å². The van der Waals surface area contributed by atoms with Gasteiger partial charge in [-0.15, -0.1) is 0 Å². The molecule has 1 heterocycles. The van der Waals surface area contributed by atoms with Crippen LogP contribution < -0.4 is 0 Å². The van der Waals surface area contributed by atoms with Gasteiger partial charge in [0, 0.05) is 19.6 Å². The van der Waals surface area contributed by atoms with Crippen LogP contribution in [0.4, 0.5) is 0 Å². The summed E-state index contributed by atoms with van der Waals surface area (Å²) in [5.74, 6) is -1.15. The van der Waals surface area contributed by atoms with Gasteiger partial charge >= 0.3 is 5.97 Å². The molecule has 0 spiro atoms. The van der Waals surface area contributed by atoms with E-state index in [2.05, 4.69) is 0 Å². The van der Waals surface area contributed by atoms with Crippen LogP contribution in [0, 0.1) is 5.92 Å². The standard InChI is InChI=1S/C9H17NO4/c1-7(9(12)13)4-10-2-3-14-8(5-10)6-11/h7-8,11H,2-6H2,1H3,(H,12,13). The molecule has 0 aliphatic carbocycles. The quantitative estimate of drug-likeness (QED) is 0.638. The first-order valence-corrected chi connectivity index (χ1v) is 4.81. The minimum atomic E-state index is -0.781. The Morgan fingerprint density at radius 2 is 2.43 bits per heavy atom. The number of hydrogen-bond donors (Lipinski definition) is 2. The summed E-state index contributed by atoms with van der Waals surface area (Å²) in [5.41, 5.74) is 0. The maximum absolute atomic E-state index is 10.6. The van der Waals surface area contributed by atoms with Crippen LogP contribution >= 0.6 is 0 Å². The number of aliphatic hydroxyl groups excluding tert-OH is 1. The van der Waals surface area contributed by atoms with Gasteiger partial charge in [-0.2, -0.15) is 0 Å². The van der Waals surface area contributed by atoms with E-state index >= 15 is 0 Å². The van der Waals surface area contributed by atoms with E-state index in [9.17, 15) is 4.79 Å². The average molecular weight is 203 g/mol. The number of aliphatic carboxylic acids is 1. The van der Waals surface area contributed by atoms with E-state index < -0.39 is 5.97 Å². The molecule has 82 valence electrons. The van der Waals surface area contributed by atoms with E-state index in [1.54, 1.807) is 6.92 Å². The number of ether oxygens (including phenoxy) is 1. The Kier molecular flexibility index (Phi) is 4.31. The molecule has 2 unspecified atom stereocenters. The zero-order valence-electron chi connectivity index (χ0n) is 8.35. The second kappa shape index (κ2) is 5.29. The monoisotopic (exact) mass is 203 g/mol. The predicted molar refractivity (Wildman–Crippen MR) is 50.1 cm³/mol. The van der Waals surface area contributed by atoms with Crippen molar-refractivity contribution in [3.8, 4) is 0 Å². The highest BCUT2D eigenvalue weighted by Crippen LogP contribution is 2.07. The van der Waals surface area contributed by atoms with Gasteiger partial charge in [-0.05, 0) is 0 Å². The van der Waals surface area contributed by atoms with Gasteiger partial charge in [0.05, 0.1) is 25.2 Å². The fourth-order valence-electron chi connectivity index (χ4n) is 1.52. The third kappa shape index (κ3) is 3.25. The highest BCUT2D eigenvalue weighted by Gasteiger charge is 2.22. The Hall–Kier alpha value is -0.650.